The Morgan fingerprint density at radius 2 is 1.63 bits per heavy atom. The molecule has 2 aliphatic rings. The normalized spacial score (nSPS) is 23.5. The van der Waals surface area contributed by atoms with Gasteiger partial charge in [0.25, 0.3) is 0 Å². The number of hydrogen-bond donors (Lipinski definition) is 0. The van der Waals surface area contributed by atoms with E-state index in [1.807, 2.05) is 12.3 Å². The van der Waals surface area contributed by atoms with Crippen molar-refractivity contribution < 1.29 is 38.1 Å². The number of benzene rings is 2. The second kappa shape index (κ2) is 15.6. The Morgan fingerprint density at radius 1 is 0.913 bits per heavy atom. The number of carbonyl (C=O) groups is 3. The molecule has 1 aromatic heterocycles. The van der Waals surface area contributed by atoms with Gasteiger partial charge in [0, 0.05) is 56.6 Å². The monoisotopic (exact) mass is 667 g/mol. The largest absolute Gasteiger partial charge is 0.457 e. The molecule has 0 radical (unpaired) electrons. The molecule has 11 heteroatoms. The van der Waals surface area contributed by atoms with E-state index in [4.69, 9.17) is 23.7 Å². The molecule has 2 fully saturated rings. The third-order valence-corrected chi connectivity index (χ3v) is 10.3. The van der Waals surface area contributed by atoms with Gasteiger partial charge in [-0.1, -0.05) is 36.4 Å². The summed E-state index contributed by atoms with van der Waals surface area (Å²) in [5.41, 5.74) is 5.62. The van der Waals surface area contributed by atoms with E-state index in [1.165, 1.54) is 53.4 Å². The van der Waals surface area contributed by atoms with Crippen LogP contribution in [0.4, 0.5) is 0 Å². The molecule has 1 unspecified atom stereocenters. The van der Waals surface area contributed by atoms with Crippen LogP contribution < -0.4 is 0 Å². The minimum absolute atomic E-state index is 0.436. The Labute approximate surface area is 278 Å². The molecule has 5 atom stereocenters. The van der Waals surface area contributed by atoms with E-state index < -0.39 is 47.8 Å². The number of carbonyl (C=O) groups excluding carboxylic acids is 3. The first kappa shape index (κ1) is 34.1. The molecule has 2 aliphatic heterocycles. The van der Waals surface area contributed by atoms with Crippen LogP contribution in [0.5, 0.6) is 0 Å². The van der Waals surface area contributed by atoms with Crippen molar-refractivity contribution in [3.63, 3.8) is 0 Å². The van der Waals surface area contributed by atoms with E-state index in [1.54, 1.807) is 11.3 Å². The summed E-state index contributed by atoms with van der Waals surface area (Å²) >= 11 is 3.22. The van der Waals surface area contributed by atoms with Crippen LogP contribution in [0.15, 0.2) is 54.6 Å². The quantitative estimate of drug-likeness (QED) is 0.198. The number of thioether (sulfide) groups is 1. The molecule has 5 rings (SSSR count). The number of ether oxygens (including phenoxy) is 5. The van der Waals surface area contributed by atoms with Gasteiger partial charge >= 0.3 is 17.9 Å². The highest BCUT2D eigenvalue weighted by Crippen LogP contribution is 2.42. The third-order valence-electron chi connectivity index (χ3n) is 8.10. The van der Waals surface area contributed by atoms with Gasteiger partial charge in [-0.2, -0.15) is 11.8 Å². The van der Waals surface area contributed by atoms with Crippen molar-refractivity contribution in [1.29, 1.82) is 0 Å². The molecule has 0 saturated carbocycles. The molecule has 246 valence electrons. The van der Waals surface area contributed by atoms with Gasteiger partial charge in [-0.15, -0.1) is 11.3 Å². The Hall–Kier alpha value is -3.22. The molecular weight excluding hydrogens is 627 g/mol. The highest BCUT2D eigenvalue weighted by molar-refractivity contribution is 7.99. The van der Waals surface area contributed by atoms with Crippen LogP contribution in [0.3, 0.4) is 0 Å². The maximum absolute atomic E-state index is 12.2. The second-order valence-corrected chi connectivity index (χ2v) is 13.8. The van der Waals surface area contributed by atoms with E-state index in [2.05, 4.69) is 60.4 Å². The average molecular weight is 668 g/mol. The summed E-state index contributed by atoms with van der Waals surface area (Å²) in [5, 5.41) is -0.436. The third kappa shape index (κ3) is 8.57. The van der Waals surface area contributed by atoms with Crippen molar-refractivity contribution in [2.45, 2.75) is 70.5 Å². The first-order valence-electron chi connectivity index (χ1n) is 15.4. The van der Waals surface area contributed by atoms with E-state index in [0.29, 0.717) is 0 Å². The fourth-order valence-corrected chi connectivity index (χ4v) is 7.93. The van der Waals surface area contributed by atoms with Crippen LogP contribution in [-0.4, -0.2) is 79.1 Å². The molecule has 3 aromatic rings. The van der Waals surface area contributed by atoms with Gasteiger partial charge in [-0.3, -0.25) is 19.3 Å². The van der Waals surface area contributed by atoms with Crippen molar-refractivity contribution >= 4 is 41.0 Å². The molecule has 2 aromatic carbocycles. The van der Waals surface area contributed by atoms with E-state index >= 15 is 0 Å². The van der Waals surface area contributed by atoms with E-state index in [9.17, 15) is 14.4 Å². The lowest BCUT2D eigenvalue weighted by Crippen LogP contribution is -2.57. The predicted molar refractivity (Wildman–Crippen MR) is 178 cm³/mol. The summed E-state index contributed by atoms with van der Waals surface area (Å²) in [7, 11) is 0. The Kier molecular flexibility index (Phi) is 11.6. The van der Waals surface area contributed by atoms with Crippen molar-refractivity contribution in [2.75, 3.05) is 32.6 Å². The van der Waals surface area contributed by atoms with Gasteiger partial charge in [0.05, 0.1) is 18.5 Å². The molecule has 0 aliphatic carbocycles. The lowest BCUT2D eigenvalue weighted by atomic mass is 9.92. The van der Waals surface area contributed by atoms with Crippen molar-refractivity contribution in [3.05, 3.63) is 81.7 Å². The van der Waals surface area contributed by atoms with E-state index in [-0.39, 0.29) is 0 Å². The minimum atomic E-state index is -1.25. The highest BCUT2D eigenvalue weighted by Gasteiger charge is 2.51. The Morgan fingerprint density at radius 3 is 2.33 bits per heavy atom. The topological polar surface area (TPSA) is 101 Å². The van der Waals surface area contributed by atoms with Gasteiger partial charge < -0.3 is 23.7 Å². The van der Waals surface area contributed by atoms with Crippen LogP contribution in [0.2, 0.25) is 0 Å². The molecule has 3 heterocycles. The maximum atomic E-state index is 12.2. The summed E-state index contributed by atoms with van der Waals surface area (Å²) in [6.07, 6.45) is -1.26. The number of aryl methyl sites for hydroxylation is 1. The summed E-state index contributed by atoms with van der Waals surface area (Å²) in [6, 6.07) is 19.3. The number of thiophene rings is 1. The van der Waals surface area contributed by atoms with Crippen LogP contribution in [-0.2, 0) is 51.0 Å². The summed E-state index contributed by atoms with van der Waals surface area (Å²) in [4.78, 5) is 41.1. The average Bonchev–Trinajstić information content (AvgIpc) is 3.48. The lowest BCUT2D eigenvalue weighted by Gasteiger charge is -2.44. The number of morpholine rings is 1. The fourth-order valence-electron chi connectivity index (χ4n) is 5.95. The Balaban J connectivity index is 1.38. The van der Waals surface area contributed by atoms with Crippen molar-refractivity contribution in [1.82, 2.24) is 4.90 Å². The van der Waals surface area contributed by atoms with Gasteiger partial charge in [-0.25, -0.2) is 0 Å². The minimum Gasteiger partial charge on any atom is -0.457 e. The maximum Gasteiger partial charge on any atom is 0.305 e. The van der Waals surface area contributed by atoms with Crippen LogP contribution >= 0.6 is 23.1 Å². The predicted octanol–water partition coefficient (Wildman–Crippen LogP) is 5.70. The van der Waals surface area contributed by atoms with Gasteiger partial charge in [0.15, 0.2) is 6.10 Å². The number of nitrogens with zero attached hydrogens (tertiary/aromatic N) is 1. The zero-order valence-corrected chi connectivity index (χ0v) is 28.5. The summed E-state index contributed by atoms with van der Waals surface area (Å²) in [5.74, 6) is -1.74. The van der Waals surface area contributed by atoms with Crippen molar-refractivity contribution in [3.8, 4) is 10.4 Å². The number of hydrogen-bond acceptors (Lipinski definition) is 11. The van der Waals surface area contributed by atoms with Crippen LogP contribution in [0, 0.1) is 6.92 Å². The highest BCUT2D eigenvalue weighted by atomic mass is 32.2. The van der Waals surface area contributed by atoms with Crippen LogP contribution in [0.25, 0.3) is 10.4 Å². The van der Waals surface area contributed by atoms with Gasteiger partial charge in [0.1, 0.15) is 6.10 Å². The van der Waals surface area contributed by atoms with Gasteiger partial charge in [0.2, 0.25) is 12.4 Å². The molecule has 46 heavy (non-hydrogen) atoms. The first-order chi connectivity index (χ1) is 22.1. The Bertz CT molecular complexity index is 1530. The second-order valence-electron chi connectivity index (χ2n) is 11.6. The molecule has 0 N–H and O–H groups in total. The first-order valence-corrected chi connectivity index (χ1v) is 17.5. The zero-order chi connectivity index (χ0) is 32.8. The van der Waals surface area contributed by atoms with Crippen molar-refractivity contribution in [2.24, 2.45) is 0 Å². The standard InChI is InChI=1S/C35H41NO8S2/c1-21-9-10-27(31-34(45-5)32(41-22(2)37)33(42-23(3)38)35(44-31)43-24(4)39)18-28(21)19-29-11-12-30(46-29)26-8-6-7-25(17-26)20-36-13-15-40-16-14-36/h6-12,17-18,31-35H,13-16,19-20H2,1-5H3/t31?,32-,33-,34-,35-/m0/s1. The van der Waals surface area contributed by atoms with E-state index in [0.717, 1.165) is 56.0 Å². The molecule has 9 nitrogen and oxygen atoms in total. The molecular formula is C35H41NO8S2. The summed E-state index contributed by atoms with van der Waals surface area (Å²) in [6.45, 7) is 10.3. The molecule has 0 bridgehead atoms. The number of rotatable bonds is 10. The molecule has 0 amide bonds. The smallest absolute Gasteiger partial charge is 0.305 e. The fraction of sp³-hybridized carbons (Fsp3) is 0.457. The van der Waals surface area contributed by atoms with Crippen LogP contribution in [0.1, 0.15) is 54.0 Å². The lowest BCUT2D eigenvalue weighted by molar-refractivity contribution is -0.266. The number of esters is 3. The molecule has 2 saturated heterocycles. The zero-order valence-electron chi connectivity index (χ0n) is 26.9. The SMILES string of the molecule is CS[C@H]1C(c2ccc(C)c(Cc3ccc(-c4cccc(CN5CCOCC5)c4)s3)c2)O[C@H](OC(C)=O)[C@@H](OC(C)=O)[C@@H]1OC(C)=O. The summed E-state index contributed by atoms with van der Waals surface area (Å²) < 4.78 is 28.5. The van der Waals surface area contributed by atoms with Gasteiger partial charge in [-0.05, 0) is 59.2 Å². The molecule has 0 spiro atoms.